The van der Waals surface area contributed by atoms with Crippen LogP contribution in [0.2, 0.25) is 0 Å². The van der Waals surface area contributed by atoms with Crippen molar-refractivity contribution in [3.05, 3.63) is 158 Å². The smallest absolute Gasteiger partial charge is 0.246 e. The van der Waals surface area contributed by atoms with Gasteiger partial charge in [-0.05, 0) is 98.2 Å². The monoisotopic (exact) mass is 718 g/mol. The van der Waals surface area contributed by atoms with Crippen LogP contribution in [0.4, 0.5) is 0 Å². The van der Waals surface area contributed by atoms with E-state index in [0.29, 0.717) is 5.71 Å². The normalized spacial score (nSPS) is 12.4. The van der Waals surface area contributed by atoms with E-state index in [1.165, 1.54) is 41.7 Å². The number of rotatable bonds is 2. The Hall–Kier alpha value is -7.15. The predicted octanol–water partition coefficient (Wildman–Crippen LogP) is 13.5. The van der Waals surface area contributed by atoms with Crippen LogP contribution in [0.3, 0.4) is 0 Å². The van der Waals surface area contributed by atoms with E-state index in [4.69, 9.17) is 19.4 Å². The summed E-state index contributed by atoms with van der Waals surface area (Å²) in [5.74, 6) is 0. The zero-order valence-electron chi connectivity index (χ0n) is 29.1. The number of para-hydroxylation sites is 2. The van der Waals surface area contributed by atoms with E-state index in [1.54, 1.807) is 0 Å². The fourth-order valence-corrected chi connectivity index (χ4v) is 9.87. The molecule has 0 radical (unpaired) electrons. The Morgan fingerprint density at radius 1 is 0.473 bits per heavy atom. The van der Waals surface area contributed by atoms with E-state index in [0.717, 1.165) is 77.4 Å². The van der Waals surface area contributed by atoms with Crippen molar-refractivity contribution < 1.29 is 4.42 Å². The minimum atomic E-state index is 0.566. The molecule has 0 N–H and O–H groups in total. The third-order valence-corrected chi connectivity index (χ3v) is 12.5. The van der Waals surface area contributed by atoms with Gasteiger partial charge >= 0.3 is 0 Å². The number of pyridine rings is 1. The molecule has 0 aliphatic heterocycles. The van der Waals surface area contributed by atoms with Gasteiger partial charge < -0.3 is 4.42 Å². The summed E-state index contributed by atoms with van der Waals surface area (Å²) in [4.78, 5) is 15.2. The molecule has 0 fully saturated rings. The Labute approximate surface area is 316 Å². The van der Waals surface area contributed by atoms with E-state index in [2.05, 4.69) is 132 Å². The molecule has 13 rings (SSSR count). The zero-order chi connectivity index (χ0) is 35.8. The van der Waals surface area contributed by atoms with Crippen molar-refractivity contribution in [3.63, 3.8) is 0 Å². The molecule has 0 spiro atoms. The van der Waals surface area contributed by atoms with Crippen molar-refractivity contribution in [1.29, 1.82) is 0 Å². The van der Waals surface area contributed by atoms with Gasteiger partial charge in [-0.15, -0.1) is 11.3 Å². The zero-order valence-corrected chi connectivity index (χ0v) is 29.9. The molecule has 0 aliphatic rings. The average Bonchev–Trinajstić information content (AvgIpc) is 3.93. The number of thiophene rings is 1. The number of imidazole rings is 1. The molecule has 0 unspecified atom stereocenters. The molecule has 254 valence electrons. The largest absolute Gasteiger partial charge is 0.436 e. The number of furan rings is 1. The highest BCUT2D eigenvalue weighted by Gasteiger charge is 2.20. The molecule has 5 nitrogen and oxygen atoms in total. The Morgan fingerprint density at radius 2 is 1.20 bits per heavy atom. The molecular formula is C49H26N4OS. The molecule has 6 heteroatoms. The fraction of sp³-hybridized carbons (Fsp3) is 0. The summed E-state index contributed by atoms with van der Waals surface area (Å²) < 4.78 is 11.0. The van der Waals surface area contributed by atoms with Gasteiger partial charge in [0.25, 0.3) is 0 Å². The van der Waals surface area contributed by atoms with Gasteiger partial charge in [-0.1, -0.05) is 103 Å². The highest BCUT2D eigenvalue weighted by atomic mass is 32.1. The summed E-state index contributed by atoms with van der Waals surface area (Å²) in [5, 5.41) is 10.6. The van der Waals surface area contributed by atoms with Crippen LogP contribution in [0.25, 0.3) is 125 Å². The minimum Gasteiger partial charge on any atom is -0.436 e. The van der Waals surface area contributed by atoms with Crippen molar-refractivity contribution in [2.75, 3.05) is 0 Å². The molecule has 5 heterocycles. The maximum atomic E-state index is 6.19. The van der Waals surface area contributed by atoms with Gasteiger partial charge in [0.2, 0.25) is 5.71 Å². The molecule has 0 saturated heterocycles. The Balaban J connectivity index is 0.988. The third-order valence-electron chi connectivity index (χ3n) is 11.3. The van der Waals surface area contributed by atoms with Gasteiger partial charge in [0.1, 0.15) is 11.1 Å². The van der Waals surface area contributed by atoms with Crippen LogP contribution in [-0.2, 0) is 0 Å². The molecule has 0 bridgehead atoms. The van der Waals surface area contributed by atoms with Gasteiger partial charge in [-0.2, -0.15) is 0 Å². The summed E-state index contributed by atoms with van der Waals surface area (Å²) in [6.45, 7) is 0. The van der Waals surface area contributed by atoms with Gasteiger partial charge in [0.15, 0.2) is 5.65 Å². The third kappa shape index (κ3) is 4.14. The number of benzene rings is 8. The number of hydrogen-bond donors (Lipinski definition) is 0. The van der Waals surface area contributed by atoms with Gasteiger partial charge in [-0.3, -0.25) is 4.40 Å². The molecule has 0 amide bonds. The van der Waals surface area contributed by atoms with E-state index < -0.39 is 0 Å². The van der Waals surface area contributed by atoms with E-state index in [1.807, 2.05) is 41.7 Å². The highest BCUT2D eigenvalue weighted by Crippen LogP contribution is 2.42. The van der Waals surface area contributed by atoms with E-state index in [-0.39, 0.29) is 0 Å². The number of fused-ring (bicyclic) bond motifs is 16. The molecule has 8 aromatic carbocycles. The predicted molar refractivity (Wildman–Crippen MR) is 229 cm³/mol. The molecule has 0 atom stereocenters. The van der Waals surface area contributed by atoms with Crippen molar-refractivity contribution >= 4 is 114 Å². The molecular weight excluding hydrogens is 693 g/mol. The second-order valence-electron chi connectivity index (χ2n) is 14.4. The molecule has 13 aromatic rings. The summed E-state index contributed by atoms with van der Waals surface area (Å²) in [7, 11) is 0. The minimum absolute atomic E-state index is 0.566. The lowest BCUT2D eigenvalue weighted by atomic mass is 9.98. The van der Waals surface area contributed by atoms with Crippen LogP contribution >= 0.6 is 11.3 Å². The van der Waals surface area contributed by atoms with Crippen LogP contribution in [-0.4, -0.2) is 19.4 Å². The first-order chi connectivity index (χ1) is 27.2. The number of nitrogens with zero attached hydrogens (tertiary/aromatic N) is 4. The molecule has 0 aliphatic carbocycles. The number of aromatic nitrogens is 4. The quantitative estimate of drug-likeness (QED) is 0.167. The van der Waals surface area contributed by atoms with E-state index in [9.17, 15) is 0 Å². The van der Waals surface area contributed by atoms with Gasteiger partial charge in [0.05, 0.1) is 37.8 Å². The first-order valence-electron chi connectivity index (χ1n) is 18.4. The van der Waals surface area contributed by atoms with Crippen molar-refractivity contribution in [1.82, 2.24) is 19.4 Å². The molecule has 55 heavy (non-hydrogen) atoms. The lowest BCUT2D eigenvalue weighted by Crippen LogP contribution is -1.93. The Kier molecular flexibility index (Phi) is 5.71. The SMILES string of the molecule is c1ccc2cc3c(ccc4c3nc3c5sc6ccccc6c5cc(-c5ccc(-c6ccc7c(ccc8oc9nc%10ccccc%10nc9c87)c6)cc5)n43)cc2c1. The second kappa shape index (κ2) is 10.7. The lowest BCUT2D eigenvalue weighted by molar-refractivity contribution is 0.655. The van der Waals surface area contributed by atoms with Crippen molar-refractivity contribution in [2.24, 2.45) is 0 Å². The van der Waals surface area contributed by atoms with E-state index >= 15 is 0 Å². The first kappa shape index (κ1) is 29.3. The van der Waals surface area contributed by atoms with Crippen LogP contribution in [0.15, 0.2) is 162 Å². The Morgan fingerprint density at radius 3 is 2.09 bits per heavy atom. The maximum Gasteiger partial charge on any atom is 0.246 e. The first-order valence-corrected chi connectivity index (χ1v) is 19.2. The van der Waals surface area contributed by atoms with Gasteiger partial charge in [0, 0.05) is 20.9 Å². The fourth-order valence-electron chi connectivity index (χ4n) is 8.71. The summed E-state index contributed by atoms with van der Waals surface area (Å²) in [6.07, 6.45) is 0. The Bertz CT molecular complexity index is 3780. The summed E-state index contributed by atoms with van der Waals surface area (Å²) in [5.41, 5.74) is 11.6. The second-order valence-corrected chi connectivity index (χ2v) is 15.5. The lowest BCUT2D eigenvalue weighted by Gasteiger charge is -2.11. The summed E-state index contributed by atoms with van der Waals surface area (Å²) >= 11 is 1.82. The summed E-state index contributed by atoms with van der Waals surface area (Å²) in [6, 6.07) is 56.4. The topological polar surface area (TPSA) is 56.2 Å². The van der Waals surface area contributed by atoms with Crippen LogP contribution < -0.4 is 0 Å². The standard InChI is InChI=1S/C49H26N4OS/c1-2-8-30-25-36-33(23-29(30)7-1)18-21-40-45(36)52-48-47-37(35-9-3-6-12-43(35)55-47)26-41(53(40)48)28-15-13-27(14-16-28)31-17-20-34-32(24-31)19-22-42-44(34)46-49(54-42)51-39-11-5-4-10-38(39)50-46/h1-26H. The van der Waals surface area contributed by atoms with Crippen LogP contribution in [0, 0.1) is 0 Å². The van der Waals surface area contributed by atoms with Crippen molar-refractivity contribution in [2.45, 2.75) is 0 Å². The maximum absolute atomic E-state index is 6.19. The number of hydrogen-bond acceptors (Lipinski definition) is 5. The highest BCUT2D eigenvalue weighted by molar-refractivity contribution is 7.26. The van der Waals surface area contributed by atoms with Crippen LogP contribution in [0.1, 0.15) is 0 Å². The molecule has 5 aromatic heterocycles. The van der Waals surface area contributed by atoms with Crippen molar-refractivity contribution in [3.8, 4) is 22.4 Å². The van der Waals surface area contributed by atoms with Crippen LogP contribution in [0.5, 0.6) is 0 Å². The molecule has 0 saturated carbocycles. The van der Waals surface area contributed by atoms with Gasteiger partial charge in [-0.25, -0.2) is 15.0 Å². The average molecular weight is 719 g/mol.